The highest BCUT2D eigenvalue weighted by atomic mass is 16.5. The van der Waals surface area contributed by atoms with Gasteiger partial charge in [-0.1, -0.05) is 12.1 Å². The minimum atomic E-state index is -0.275. The molecule has 2 aromatic rings. The Hall–Kier alpha value is -2.87. The van der Waals surface area contributed by atoms with E-state index in [4.69, 9.17) is 4.74 Å². The van der Waals surface area contributed by atoms with Gasteiger partial charge in [-0.15, -0.1) is 0 Å². The summed E-state index contributed by atoms with van der Waals surface area (Å²) in [7, 11) is 0. The molecule has 1 aromatic carbocycles. The quantitative estimate of drug-likeness (QED) is 0.693. The van der Waals surface area contributed by atoms with Crippen LogP contribution in [0, 0.1) is 6.92 Å². The Balaban J connectivity index is 1.65. The van der Waals surface area contributed by atoms with Gasteiger partial charge in [-0.3, -0.25) is 14.6 Å². The van der Waals surface area contributed by atoms with Crippen LogP contribution in [0.15, 0.2) is 29.1 Å². The number of para-hydroxylation sites is 2. The van der Waals surface area contributed by atoms with Crippen molar-refractivity contribution >= 4 is 17.5 Å². The van der Waals surface area contributed by atoms with E-state index < -0.39 is 0 Å². The molecular weight excluding hydrogens is 336 g/mol. The first-order valence-electron chi connectivity index (χ1n) is 8.55. The van der Waals surface area contributed by atoms with Crippen LogP contribution in [0.25, 0.3) is 0 Å². The van der Waals surface area contributed by atoms with E-state index in [0.717, 1.165) is 0 Å². The number of aromatic hydroxyl groups is 1. The second kappa shape index (κ2) is 8.01. The molecule has 0 spiro atoms. The molecule has 0 saturated carbocycles. The van der Waals surface area contributed by atoms with Crippen molar-refractivity contribution in [2.45, 2.75) is 19.8 Å². The van der Waals surface area contributed by atoms with Crippen LogP contribution in [0.3, 0.4) is 0 Å². The summed E-state index contributed by atoms with van der Waals surface area (Å²) in [5, 5.41) is 12.3. The third-order valence-corrected chi connectivity index (χ3v) is 4.30. The fraction of sp³-hybridized carbons (Fsp3) is 0.389. The van der Waals surface area contributed by atoms with Crippen LogP contribution in [-0.4, -0.2) is 47.3 Å². The average molecular weight is 358 g/mol. The molecule has 1 saturated heterocycles. The van der Waals surface area contributed by atoms with E-state index in [1.165, 1.54) is 6.07 Å². The monoisotopic (exact) mass is 358 g/mol. The van der Waals surface area contributed by atoms with Crippen molar-refractivity contribution in [3.05, 3.63) is 45.9 Å². The van der Waals surface area contributed by atoms with Crippen LogP contribution in [0.1, 0.15) is 17.7 Å². The number of carbonyl (C=O) groups excluding carboxylic acids is 1. The van der Waals surface area contributed by atoms with Gasteiger partial charge in [0, 0.05) is 30.8 Å². The molecule has 8 nitrogen and oxygen atoms in total. The van der Waals surface area contributed by atoms with E-state index in [1.807, 2.05) is 4.90 Å². The van der Waals surface area contributed by atoms with Gasteiger partial charge in [0.2, 0.25) is 11.9 Å². The number of aromatic amines is 1. The summed E-state index contributed by atoms with van der Waals surface area (Å²) >= 11 is 0. The van der Waals surface area contributed by atoms with E-state index in [1.54, 1.807) is 25.1 Å². The molecule has 0 atom stereocenters. The number of ether oxygens (including phenoxy) is 1. The van der Waals surface area contributed by atoms with Gasteiger partial charge in [-0.25, -0.2) is 4.98 Å². The molecule has 1 aromatic heterocycles. The largest absolute Gasteiger partial charge is 0.506 e. The normalized spacial score (nSPS) is 14.3. The summed E-state index contributed by atoms with van der Waals surface area (Å²) in [6, 6.07) is 6.51. The predicted octanol–water partition coefficient (Wildman–Crippen LogP) is 1.19. The van der Waals surface area contributed by atoms with Crippen LogP contribution >= 0.6 is 0 Å². The van der Waals surface area contributed by atoms with Gasteiger partial charge in [0.05, 0.1) is 18.9 Å². The fourth-order valence-electron chi connectivity index (χ4n) is 2.85. The van der Waals surface area contributed by atoms with Crippen molar-refractivity contribution in [1.29, 1.82) is 0 Å². The smallest absolute Gasteiger partial charge is 0.255 e. The van der Waals surface area contributed by atoms with Crippen molar-refractivity contribution in [2.75, 3.05) is 36.5 Å². The number of H-pyrrole nitrogens is 1. The Kier molecular flexibility index (Phi) is 5.52. The lowest BCUT2D eigenvalue weighted by Crippen LogP contribution is -2.38. The Morgan fingerprint density at radius 2 is 2.08 bits per heavy atom. The number of anilines is 2. The number of aryl methyl sites for hydroxylation is 1. The number of nitrogens with one attached hydrogen (secondary N) is 2. The standard InChI is InChI=1S/C18H22N4O4/c1-12-13(6-7-16(24)20-14-4-2-3-5-15(14)23)17(25)21-18(19-12)22-8-10-26-11-9-22/h2-5,23H,6-11H2,1H3,(H,20,24)(H,19,21,25). The lowest BCUT2D eigenvalue weighted by Gasteiger charge is -2.27. The van der Waals surface area contributed by atoms with E-state index in [2.05, 4.69) is 15.3 Å². The molecule has 26 heavy (non-hydrogen) atoms. The SMILES string of the molecule is Cc1nc(N2CCOCC2)[nH]c(=O)c1CCC(=O)Nc1ccccc1O. The third-order valence-electron chi connectivity index (χ3n) is 4.30. The van der Waals surface area contributed by atoms with Gasteiger partial charge in [-0.05, 0) is 25.5 Å². The number of hydrogen-bond acceptors (Lipinski definition) is 6. The van der Waals surface area contributed by atoms with Crippen molar-refractivity contribution in [1.82, 2.24) is 9.97 Å². The zero-order valence-electron chi connectivity index (χ0n) is 14.6. The van der Waals surface area contributed by atoms with Crippen molar-refractivity contribution < 1.29 is 14.6 Å². The summed E-state index contributed by atoms with van der Waals surface area (Å²) in [6.07, 6.45) is 0.397. The minimum absolute atomic E-state index is 0.00593. The number of carbonyl (C=O) groups is 1. The van der Waals surface area contributed by atoms with Crippen LogP contribution in [-0.2, 0) is 16.0 Å². The Bertz CT molecular complexity index is 843. The molecule has 0 bridgehead atoms. The minimum Gasteiger partial charge on any atom is -0.506 e. The molecule has 8 heteroatoms. The number of hydrogen-bond donors (Lipinski definition) is 3. The van der Waals surface area contributed by atoms with Gasteiger partial charge in [0.15, 0.2) is 0 Å². The highest BCUT2D eigenvalue weighted by Crippen LogP contribution is 2.21. The Labute approximate surface area is 150 Å². The molecule has 0 unspecified atom stereocenters. The second-order valence-electron chi connectivity index (χ2n) is 6.12. The molecule has 138 valence electrons. The molecule has 0 radical (unpaired) electrons. The fourth-order valence-corrected chi connectivity index (χ4v) is 2.85. The van der Waals surface area contributed by atoms with Crippen molar-refractivity contribution in [3.8, 4) is 5.75 Å². The van der Waals surface area contributed by atoms with Crippen LogP contribution in [0.2, 0.25) is 0 Å². The zero-order valence-corrected chi connectivity index (χ0v) is 14.6. The third kappa shape index (κ3) is 4.20. The van der Waals surface area contributed by atoms with Gasteiger partial charge in [0.25, 0.3) is 5.56 Å². The number of phenolic OH excluding ortho intramolecular Hbond substituents is 1. The van der Waals surface area contributed by atoms with Gasteiger partial charge >= 0.3 is 0 Å². The molecule has 1 amide bonds. The maximum absolute atomic E-state index is 12.4. The lowest BCUT2D eigenvalue weighted by atomic mass is 10.1. The molecule has 2 heterocycles. The molecule has 1 aliphatic heterocycles. The van der Waals surface area contributed by atoms with Crippen LogP contribution < -0.4 is 15.8 Å². The number of phenols is 1. The topological polar surface area (TPSA) is 108 Å². The van der Waals surface area contributed by atoms with Crippen molar-refractivity contribution in [3.63, 3.8) is 0 Å². The summed E-state index contributed by atoms with van der Waals surface area (Å²) < 4.78 is 5.30. The number of rotatable bonds is 5. The molecular formula is C18H22N4O4. The van der Waals surface area contributed by atoms with Crippen LogP contribution in [0.4, 0.5) is 11.6 Å². The highest BCUT2D eigenvalue weighted by molar-refractivity contribution is 5.92. The van der Waals surface area contributed by atoms with Gasteiger partial charge < -0.3 is 20.1 Å². The first-order valence-corrected chi connectivity index (χ1v) is 8.55. The Morgan fingerprint density at radius 1 is 1.35 bits per heavy atom. The van der Waals surface area contributed by atoms with E-state index in [-0.39, 0.29) is 30.1 Å². The van der Waals surface area contributed by atoms with E-state index >= 15 is 0 Å². The molecule has 1 fully saturated rings. The molecule has 0 aliphatic carbocycles. The first kappa shape index (κ1) is 17.9. The van der Waals surface area contributed by atoms with Crippen molar-refractivity contribution in [2.24, 2.45) is 0 Å². The number of aromatic nitrogens is 2. The summed E-state index contributed by atoms with van der Waals surface area (Å²) in [6.45, 7) is 4.36. The molecule has 3 rings (SSSR count). The second-order valence-corrected chi connectivity index (χ2v) is 6.12. The maximum Gasteiger partial charge on any atom is 0.255 e. The number of benzene rings is 1. The number of amides is 1. The van der Waals surface area contributed by atoms with Gasteiger partial charge in [-0.2, -0.15) is 0 Å². The maximum atomic E-state index is 12.4. The molecule has 3 N–H and O–H groups in total. The van der Waals surface area contributed by atoms with Crippen LogP contribution in [0.5, 0.6) is 5.75 Å². The highest BCUT2D eigenvalue weighted by Gasteiger charge is 2.17. The summed E-state index contributed by atoms with van der Waals surface area (Å²) in [4.78, 5) is 33.8. The first-order chi connectivity index (χ1) is 12.5. The molecule has 1 aliphatic rings. The summed E-state index contributed by atoms with van der Waals surface area (Å²) in [5.74, 6) is 0.271. The number of nitrogens with zero attached hydrogens (tertiary/aromatic N) is 2. The Morgan fingerprint density at radius 3 is 2.77 bits per heavy atom. The van der Waals surface area contributed by atoms with E-state index in [9.17, 15) is 14.7 Å². The number of morpholine rings is 1. The van der Waals surface area contributed by atoms with Gasteiger partial charge in [0.1, 0.15) is 5.75 Å². The predicted molar refractivity (Wildman–Crippen MR) is 97.7 cm³/mol. The lowest BCUT2D eigenvalue weighted by molar-refractivity contribution is -0.116. The summed E-state index contributed by atoms with van der Waals surface area (Å²) in [5.41, 5.74) is 1.23. The zero-order chi connectivity index (χ0) is 18.5. The average Bonchev–Trinajstić information content (AvgIpc) is 2.63. The van der Waals surface area contributed by atoms with E-state index in [0.29, 0.717) is 49.2 Å².